The Bertz CT molecular complexity index is 793. The summed E-state index contributed by atoms with van der Waals surface area (Å²) in [7, 11) is 0. The molecular formula is C18H14ClNO. The second-order valence-corrected chi connectivity index (χ2v) is 5.25. The molecule has 0 aromatic heterocycles. The summed E-state index contributed by atoms with van der Waals surface area (Å²) in [6.07, 6.45) is 0.326. The molecule has 0 bridgehead atoms. The van der Waals surface area contributed by atoms with Crippen molar-refractivity contribution in [3.63, 3.8) is 0 Å². The van der Waals surface area contributed by atoms with Crippen LogP contribution in [0.15, 0.2) is 66.7 Å². The van der Waals surface area contributed by atoms with Gasteiger partial charge < -0.3 is 5.32 Å². The van der Waals surface area contributed by atoms with Crippen molar-refractivity contribution in [3.8, 4) is 0 Å². The van der Waals surface area contributed by atoms with E-state index in [0.717, 1.165) is 16.3 Å². The lowest BCUT2D eigenvalue weighted by Gasteiger charge is -2.09. The number of nitrogens with one attached hydrogen (secondary N) is 1. The number of anilines is 1. The van der Waals surface area contributed by atoms with Gasteiger partial charge in [-0.25, -0.2) is 0 Å². The van der Waals surface area contributed by atoms with Crippen molar-refractivity contribution in [1.29, 1.82) is 0 Å². The van der Waals surface area contributed by atoms with Crippen molar-refractivity contribution >= 4 is 34.0 Å². The van der Waals surface area contributed by atoms with E-state index in [0.29, 0.717) is 17.1 Å². The first-order valence-corrected chi connectivity index (χ1v) is 7.13. The Hall–Kier alpha value is -2.32. The van der Waals surface area contributed by atoms with E-state index in [4.69, 9.17) is 11.6 Å². The number of hydrogen-bond acceptors (Lipinski definition) is 1. The Morgan fingerprint density at radius 1 is 0.905 bits per heavy atom. The highest BCUT2D eigenvalue weighted by Gasteiger charge is 2.08. The Morgan fingerprint density at radius 3 is 2.48 bits per heavy atom. The van der Waals surface area contributed by atoms with E-state index in [2.05, 4.69) is 5.32 Å². The molecule has 0 radical (unpaired) electrons. The molecule has 0 aliphatic carbocycles. The van der Waals surface area contributed by atoms with Crippen molar-refractivity contribution in [2.45, 2.75) is 6.42 Å². The van der Waals surface area contributed by atoms with E-state index in [1.807, 2.05) is 54.6 Å². The standard InChI is InChI=1S/C18H14ClNO/c19-16-10-3-4-11-17(16)20-18(21)12-14-8-5-7-13-6-1-2-9-15(13)14/h1-11H,12H2,(H,20,21). The first-order valence-electron chi connectivity index (χ1n) is 6.75. The number of carbonyl (C=O) groups excluding carboxylic acids is 1. The van der Waals surface area contributed by atoms with E-state index in [1.54, 1.807) is 12.1 Å². The van der Waals surface area contributed by atoms with Crippen LogP contribution in [0.25, 0.3) is 10.8 Å². The normalized spacial score (nSPS) is 10.5. The van der Waals surface area contributed by atoms with Crippen LogP contribution in [0.1, 0.15) is 5.56 Å². The molecule has 3 aromatic carbocycles. The zero-order chi connectivity index (χ0) is 14.7. The molecule has 3 rings (SSSR count). The minimum Gasteiger partial charge on any atom is -0.324 e. The second kappa shape index (κ2) is 5.98. The second-order valence-electron chi connectivity index (χ2n) is 4.84. The average molecular weight is 296 g/mol. The highest BCUT2D eigenvalue weighted by molar-refractivity contribution is 6.33. The Kier molecular flexibility index (Phi) is 3.89. The van der Waals surface area contributed by atoms with Crippen LogP contribution in [0.3, 0.4) is 0 Å². The highest BCUT2D eigenvalue weighted by Crippen LogP contribution is 2.22. The largest absolute Gasteiger partial charge is 0.324 e. The fraction of sp³-hybridized carbons (Fsp3) is 0.0556. The molecule has 21 heavy (non-hydrogen) atoms. The number of para-hydroxylation sites is 1. The molecule has 0 atom stereocenters. The third-order valence-corrected chi connectivity index (χ3v) is 3.71. The van der Waals surface area contributed by atoms with Gasteiger partial charge in [-0.1, -0.05) is 66.2 Å². The molecule has 0 spiro atoms. The topological polar surface area (TPSA) is 29.1 Å². The van der Waals surface area contributed by atoms with Gasteiger partial charge in [-0.2, -0.15) is 0 Å². The molecule has 0 aliphatic rings. The maximum atomic E-state index is 12.2. The van der Waals surface area contributed by atoms with Crippen molar-refractivity contribution in [1.82, 2.24) is 0 Å². The van der Waals surface area contributed by atoms with E-state index in [-0.39, 0.29) is 5.91 Å². The molecule has 0 saturated heterocycles. The first kappa shape index (κ1) is 13.7. The Morgan fingerprint density at radius 2 is 1.62 bits per heavy atom. The molecule has 3 heteroatoms. The quantitative estimate of drug-likeness (QED) is 0.747. The molecule has 1 amide bonds. The predicted octanol–water partition coefficient (Wildman–Crippen LogP) is 4.67. The van der Waals surface area contributed by atoms with Gasteiger partial charge in [0.25, 0.3) is 0 Å². The number of rotatable bonds is 3. The number of fused-ring (bicyclic) bond motifs is 1. The number of halogens is 1. The summed E-state index contributed by atoms with van der Waals surface area (Å²) >= 11 is 6.05. The van der Waals surface area contributed by atoms with Gasteiger partial charge in [-0.15, -0.1) is 0 Å². The summed E-state index contributed by atoms with van der Waals surface area (Å²) in [6.45, 7) is 0. The summed E-state index contributed by atoms with van der Waals surface area (Å²) < 4.78 is 0. The van der Waals surface area contributed by atoms with E-state index < -0.39 is 0 Å². The van der Waals surface area contributed by atoms with Crippen LogP contribution in [-0.4, -0.2) is 5.91 Å². The van der Waals surface area contributed by atoms with Gasteiger partial charge in [0, 0.05) is 0 Å². The third-order valence-electron chi connectivity index (χ3n) is 3.38. The molecular weight excluding hydrogens is 282 g/mol. The maximum absolute atomic E-state index is 12.2. The molecule has 0 unspecified atom stereocenters. The zero-order valence-electron chi connectivity index (χ0n) is 11.3. The van der Waals surface area contributed by atoms with Gasteiger partial charge in [0.15, 0.2) is 0 Å². The lowest BCUT2D eigenvalue weighted by molar-refractivity contribution is -0.115. The molecule has 0 fully saturated rings. The Labute approximate surface area is 128 Å². The fourth-order valence-corrected chi connectivity index (χ4v) is 2.56. The van der Waals surface area contributed by atoms with Gasteiger partial charge >= 0.3 is 0 Å². The van der Waals surface area contributed by atoms with Gasteiger partial charge in [-0.05, 0) is 28.5 Å². The number of benzene rings is 3. The van der Waals surface area contributed by atoms with Gasteiger partial charge in [0.1, 0.15) is 0 Å². The summed E-state index contributed by atoms with van der Waals surface area (Å²) in [5.41, 5.74) is 1.65. The van der Waals surface area contributed by atoms with E-state index in [9.17, 15) is 4.79 Å². The smallest absolute Gasteiger partial charge is 0.228 e. The summed E-state index contributed by atoms with van der Waals surface area (Å²) in [6, 6.07) is 21.3. The van der Waals surface area contributed by atoms with Crippen LogP contribution in [0.5, 0.6) is 0 Å². The van der Waals surface area contributed by atoms with Crippen LogP contribution < -0.4 is 5.32 Å². The molecule has 0 aliphatic heterocycles. The van der Waals surface area contributed by atoms with Gasteiger partial charge in [0.2, 0.25) is 5.91 Å². The number of hydrogen-bond donors (Lipinski definition) is 1. The van der Waals surface area contributed by atoms with Gasteiger partial charge in [0.05, 0.1) is 17.1 Å². The lowest BCUT2D eigenvalue weighted by atomic mass is 10.0. The van der Waals surface area contributed by atoms with Crippen molar-refractivity contribution in [3.05, 3.63) is 77.3 Å². The molecule has 2 nitrogen and oxygen atoms in total. The summed E-state index contributed by atoms with van der Waals surface area (Å²) in [5.74, 6) is -0.0700. The monoisotopic (exact) mass is 295 g/mol. The van der Waals surface area contributed by atoms with E-state index in [1.165, 1.54) is 0 Å². The van der Waals surface area contributed by atoms with Crippen LogP contribution in [0.4, 0.5) is 5.69 Å². The first-order chi connectivity index (χ1) is 10.2. The summed E-state index contributed by atoms with van der Waals surface area (Å²) in [5, 5.41) is 5.64. The zero-order valence-corrected chi connectivity index (χ0v) is 12.1. The lowest BCUT2D eigenvalue weighted by Crippen LogP contribution is -2.14. The van der Waals surface area contributed by atoms with Crippen LogP contribution in [-0.2, 0) is 11.2 Å². The van der Waals surface area contributed by atoms with Crippen molar-refractivity contribution in [2.75, 3.05) is 5.32 Å². The third kappa shape index (κ3) is 3.06. The maximum Gasteiger partial charge on any atom is 0.228 e. The average Bonchev–Trinajstić information content (AvgIpc) is 2.50. The van der Waals surface area contributed by atoms with Crippen LogP contribution >= 0.6 is 11.6 Å². The Balaban J connectivity index is 1.82. The minimum atomic E-state index is -0.0700. The minimum absolute atomic E-state index is 0.0700. The van der Waals surface area contributed by atoms with Crippen LogP contribution in [0.2, 0.25) is 5.02 Å². The molecule has 104 valence electrons. The van der Waals surface area contributed by atoms with Crippen molar-refractivity contribution in [2.24, 2.45) is 0 Å². The molecule has 3 aromatic rings. The fourth-order valence-electron chi connectivity index (χ4n) is 2.38. The highest BCUT2D eigenvalue weighted by atomic mass is 35.5. The molecule has 0 saturated carbocycles. The molecule has 1 N–H and O–H groups in total. The van der Waals surface area contributed by atoms with Crippen molar-refractivity contribution < 1.29 is 4.79 Å². The van der Waals surface area contributed by atoms with Crippen LogP contribution in [0, 0.1) is 0 Å². The SMILES string of the molecule is O=C(Cc1cccc2ccccc12)Nc1ccccc1Cl. The number of amides is 1. The molecule has 0 heterocycles. The summed E-state index contributed by atoms with van der Waals surface area (Å²) in [4.78, 5) is 12.2. The predicted molar refractivity (Wildman–Crippen MR) is 87.7 cm³/mol. The van der Waals surface area contributed by atoms with Gasteiger partial charge in [-0.3, -0.25) is 4.79 Å². The van der Waals surface area contributed by atoms with E-state index >= 15 is 0 Å². The number of carbonyl (C=O) groups is 1.